The summed E-state index contributed by atoms with van der Waals surface area (Å²) in [4.78, 5) is 0. The van der Waals surface area contributed by atoms with Crippen LogP contribution in [0.25, 0.3) is 0 Å². The first-order valence-electron chi connectivity index (χ1n) is 4.82. The number of para-hydroxylation sites is 1. The summed E-state index contributed by atoms with van der Waals surface area (Å²) < 4.78 is 5.47. The Labute approximate surface area is 83.8 Å². The Kier molecular flexibility index (Phi) is 2.30. The van der Waals surface area contributed by atoms with Crippen LogP contribution in [0.4, 0.5) is 0 Å². The van der Waals surface area contributed by atoms with E-state index in [1.54, 1.807) is 6.08 Å². The SMILES string of the molecule is C=CCC1(O)CCOc2ccccc21. The molecule has 0 radical (unpaired) electrons. The van der Waals surface area contributed by atoms with Gasteiger partial charge in [0.05, 0.1) is 12.2 Å². The molecule has 0 saturated carbocycles. The van der Waals surface area contributed by atoms with Crippen molar-refractivity contribution in [2.45, 2.75) is 18.4 Å². The van der Waals surface area contributed by atoms with E-state index in [9.17, 15) is 5.11 Å². The van der Waals surface area contributed by atoms with Crippen LogP contribution in [0.2, 0.25) is 0 Å². The van der Waals surface area contributed by atoms with Crippen molar-refractivity contribution in [3.63, 3.8) is 0 Å². The number of fused-ring (bicyclic) bond motifs is 1. The van der Waals surface area contributed by atoms with E-state index in [1.165, 1.54) is 0 Å². The predicted octanol–water partition coefficient (Wildman–Crippen LogP) is 2.23. The van der Waals surface area contributed by atoms with Gasteiger partial charge in [-0.05, 0) is 12.5 Å². The summed E-state index contributed by atoms with van der Waals surface area (Å²) in [5, 5.41) is 10.4. The standard InChI is InChI=1S/C12H14O2/c1-2-7-12(13)8-9-14-11-6-4-3-5-10(11)12/h2-6,13H,1,7-9H2. The zero-order chi connectivity index (χ0) is 10.0. The summed E-state index contributed by atoms with van der Waals surface area (Å²) in [6, 6.07) is 7.64. The Morgan fingerprint density at radius 3 is 3.07 bits per heavy atom. The molecule has 1 atom stereocenters. The van der Waals surface area contributed by atoms with Gasteiger partial charge in [-0.3, -0.25) is 0 Å². The third-order valence-corrected chi connectivity index (χ3v) is 2.64. The summed E-state index contributed by atoms with van der Waals surface area (Å²) >= 11 is 0. The van der Waals surface area contributed by atoms with E-state index in [-0.39, 0.29) is 0 Å². The smallest absolute Gasteiger partial charge is 0.125 e. The van der Waals surface area contributed by atoms with Gasteiger partial charge < -0.3 is 9.84 Å². The van der Waals surface area contributed by atoms with Gasteiger partial charge in [-0.1, -0.05) is 24.3 Å². The average Bonchev–Trinajstić information content (AvgIpc) is 2.19. The Morgan fingerprint density at radius 1 is 1.50 bits per heavy atom. The first-order valence-corrected chi connectivity index (χ1v) is 4.82. The van der Waals surface area contributed by atoms with Gasteiger partial charge in [0.25, 0.3) is 0 Å². The quantitative estimate of drug-likeness (QED) is 0.725. The van der Waals surface area contributed by atoms with E-state index in [4.69, 9.17) is 4.74 Å². The molecule has 1 aliphatic heterocycles. The van der Waals surface area contributed by atoms with Gasteiger partial charge in [0.2, 0.25) is 0 Å². The van der Waals surface area contributed by atoms with Crippen LogP contribution >= 0.6 is 0 Å². The highest BCUT2D eigenvalue weighted by molar-refractivity contribution is 5.39. The number of hydrogen-bond donors (Lipinski definition) is 1. The summed E-state index contributed by atoms with van der Waals surface area (Å²) in [6.45, 7) is 4.24. The highest BCUT2D eigenvalue weighted by Gasteiger charge is 2.33. The lowest BCUT2D eigenvalue weighted by molar-refractivity contribution is -0.000220. The second-order valence-electron chi connectivity index (χ2n) is 3.62. The van der Waals surface area contributed by atoms with E-state index in [1.807, 2.05) is 24.3 Å². The molecule has 0 amide bonds. The molecule has 14 heavy (non-hydrogen) atoms. The molecular weight excluding hydrogens is 176 g/mol. The maximum atomic E-state index is 10.4. The van der Waals surface area contributed by atoms with Crippen LogP contribution in [0.1, 0.15) is 18.4 Å². The molecule has 1 aliphatic rings. The molecule has 0 aliphatic carbocycles. The minimum Gasteiger partial charge on any atom is -0.493 e. The Balaban J connectivity index is 2.44. The van der Waals surface area contributed by atoms with Gasteiger partial charge in [0.1, 0.15) is 5.75 Å². The van der Waals surface area contributed by atoms with Gasteiger partial charge >= 0.3 is 0 Å². The third kappa shape index (κ3) is 1.42. The fraction of sp³-hybridized carbons (Fsp3) is 0.333. The number of ether oxygens (including phenoxy) is 1. The van der Waals surface area contributed by atoms with Gasteiger partial charge in [0.15, 0.2) is 0 Å². The average molecular weight is 190 g/mol. The molecule has 1 heterocycles. The topological polar surface area (TPSA) is 29.5 Å². The number of rotatable bonds is 2. The lowest BCUT2D eigenvalue weighted by atomic mass is 9.85. The number of hydrogen-bond acceptors (Lipinski definition) is 2. The zero-order valence-electron chi connectivity index (χ0n) is 8.07. The lowest BCUT2D eigenvalue weighted by Crippen LogP contribution is -2.32. The lowest BCUT2D eigenvalue weighted by Gasteiger charge is -2.33. The number of aliphatic hydroxyl groups is 1. The zero-order valence-corrected chi connectivity index (χ0v) is 8.07. The second kappa shape index (κ2) is 3.46. The largest absolute Gasteiger partial charge is 0.493 e. The van der Waals surface area contributed by atoms with Gasteiger partial charge in [-0.2, -0.15) is 0 Å². The van der Waals surface area contributed by atoms with E-state index in [2.05, 4.69) is 6.58 Å². The molecular formula is C12H14O2. The first-order chi connectivity index (χ1) is 6.76. The fourth-order valence-corrected chi connectivity index (χ4v) is 1.89. The van der Waals surface area contributed by atoms with Crippen LogP contribution in [0.15, 0.2) is 36.9 Å². The molecule has 1 N–H and O–H groups in total. The van der Waals surface area contributed by atoms with E-state index in [0.717, 1.165) is 11.3 Å². The van der Waals surface area contributed by atoms with E-state index >= 15 is 0 Å². The van der Waals surface area contributed by atoms with Gasteiger partial charge in [-0.25, -0.2) is 0 Å². The maximum Gasteiger partial charge on any atom is 0.125 e. The molecule has 1 aromatic carbocycles. The predicted molar refractivity (Wildman–Crippen MR) is 55.3 cm³/mol. The molecule has 2 heteroatoms. The van der Waals surface area contributed by atoms with Crippen molar-refractivity contribution >= 4 is 0 Å². The van der Waals surface area contributed by atoms with Crippen molar-refractivity contribution in [2.24, 2.45) is 0 Å². The van der Waals surface area contributed by atoms with Crippen molar-refractivity contribution in [1.29, 1.82) is 0 Å². The molecule has 0 aromatic heterocycles. The van der Waals surface area contributed by atoms with Crippen LogP contribution in [-0.4, -0.2) is 11.7 Å². The van der Waals surface area contributed by atoms with E-state index < -0.39 is 5.60 Å². The van der Waals surface area contributed by atoms with Crippen LogP contribution in [-0.2, 0) is 5.60 Å². The highest BCUT2D eigenvalue weighted by Crippen LogP contribution is 2.38. The molecule has 0 fully saturated rings. The maximum absolute atomic E-state index is 10.4. The van der Waals surface area contributed by atoms with Crippen LogP contribution in [0.3, 0.4) is 0 Å². The van der Waals surface area contributed by atoms with Gasteiger partial charge in [-0.15, -0.1) is 6.58 Å². The molecule has 74 valence electrons. The Hall–Kier alpha value is -1.28. The fourth-order valence-electron chi connectivity index (χ4n) is 1.89. The summed E-state index contributed by atoms with van der Waals surface area (Å²) in [6.07, 6.45) is 2.96. The highest BCUT2D eigenvalue weighted by atomic mass is 16.5. The summed E-state index contributed by atoms with van der Waals surface area (Å²) in [7, 11) is 0. The van der Waals surface area contributed by atoms with Gasteiger partial charge in [0, 0.05) is 12.0 Å². The summed E-state index contributed by atoms with van der Waals surface area (Å²) in [5.74, 6) is 0.795. The molecule has 0 spiro atoms. The molecule has 2 nitrogen and oxygen atoms in total. The minimum absolute atomic E-state index is 0.571. The Bertz CT molecular complexity index is 346. The molecule has 0 saturated heterocycles. The van der Waals surface area contributed by atoms with Crippen LogP contribution in [0.5, 0.6) is 5.75 Å². The normalized spacial score (nSPS) is 24.9. The third-order valence-electron chi connectivity index (χ3n) is 2.64. The van der Waals surface area contributed by atoms with Crippen LogP contribution < -0.4 is 4.74 Å². The molecule has 0 bridgehead atoms. The van der Waals surface area contributed by atoms with Crippen molar-refractivity contribution in [1.82, 2.24) is 0 Å². The van der Waals surface area contributed by atoms with Crippen molar-refractivity contribution in [3.05, 3.63) is 42.5 Å². The van der Waals surface area contributed by atoms with Crippen molar-refractivity contribution in [3.8, 4) is 5.75 Å². The van der Waals surface area contributed by atoms with Crippen molar-refractivity contribution < 1.29 is 9.84 Å². The molecule has 2 rings (SSSR count). The first kappa shape index (κ1) is 9.28. The number of benzene rings is 1. The van der Waals surface area contributed by atoms with Crippen molar-refractivity contribution in [2.75, 3.05) is 6.61 Å². The van der Waals surface area contributed by atoms with Crippen LogP contribution in [0, 0.1) is 0 Å². The second-order valence-corrected chi connectivity index (χ2v) is 3.62. The molecule has 1 aromatic rings. The summed E-state index contributed by atoms with van der Waals surface area (Å²) in [5.41, 5.74) is 0.0995. The Morgan fingerprint density at radius 2 is 2.29 bits per heavy atom. The minimum atomic E-state index is -0.781. The van der Waals surface area contributed by atoms with E-state index in [0.29, 0.717) is 19.4 Å². The molecule has 1 unspecified atom stereocenters. The monoisotopic (exact) mass is 190 g/mol.